The van der Waals surface area contributed by atoms with Crippen molar-refractivity contribution >= 4 is 41.5 Å². The molecule has 162 valence electrons. The molecule has 3 rings (SSSR count). The zero-order valence-electron chi connectivity index (χ0n) is 17.4. The Bertz CT molecular complexity index is 660. The maximum absolute atomic E-state index is 12.1. The van der Waals surface area contributed by atoms with Crippen molar-refractivity contribution in [2.75, 3.05) is 31.6 Å². The minimum atomic E-state index is 0. The fourth-order valence-corrected chi connectivity index (χ4v) is 3.09. The lowest BCUT2D eigenvalue weighted by molar-refractivity contribution is -0.122. The van der Waals surface area contributed by atoms with Gasteiger partial charge in [-0.3, -0.25) is 4.79 Å². The summed E-state index contributed by atoms with van der Waals surface area (Å²) in [5, 5.41) is 9.67. The standard InChI is InChI=1S/C22H34N4O2.HI/c1-2-23-22(24-12-5-13-28-16-17-10-11-17)25-15-18-6-3-9-20(14-18)26-21(27)19-7-4-8-19;/h3,6,9,14,17,19H,2,4-5,7-8,10-13,15-16H2,1H3,(H,26,27)(H2,23,24,25);1H. The molecular formula is C22H35IN4O2. The summed E-state index contributed by atoms with van der Waals surface area (Å²) in [7, 11) is 0. The van der Waals surface area contributed by atoms with Crippen molar-refractivity contribution in [1.29, 1.82) is 0 Å². The summed E-state index contributed by atoms with van der Waals surface area (Å²) in [6.07, 6.45) is 6.83. The van der Waals surface area contributed by atoms with Crippen LogP contribution in [-0.2, 0) is 16.1 Å². The van der Waals surface area contributed by atoms with E-state index in [4.69, 9.17) is 4.74 Å². The molecule has 0 radical (unpaired) electrons. The van der Waals surface area contributed by atoms with Crippen LogP contribution in [0.4, 0.5) is 5.69 Å². The number of nitrogens with one attached hydrogen (secondary N) is 3. The maximum atomic E-state index is 12.1. The fraction of sp³-hybridized carbons (Fsp3) is 0.636. The van der Waals surface area contributed by atoms with Gasteiger partial charge in [-0.05, 0) is 62.6 Å². The highest BCUT2D eigenvalue weighted by molar-refractivity contribution is 14.0. The average molecular weight is 514 g/mol. The van der Waals surface area contributed by atoms with Gasteiger partial charge in [-0.1, -0.05) is 18.6 Å². The number of ether oxygens (including phenoxy) is 1. The molecule has 6 nitrogen and oxygen atoms in total. The number of amides is 1. The van der Waals surface area contributed by atoms with Crippen LogP contribution in [0.1, 0.15) is 51.0 Å². The molecule has 2 aliphatic carbocycles. The quantitative estimate of drug-likeness (QED) is 0.181. The second kappa shape index (κ2) is 13.1. The molecule has 7 heteroatoms. The predicted molar refractivity (Wildman–Crippen MR) is 129 cm³/mol. The molecule has 0 aromatic heterocycles. The Kier molecular flexibility index (Phi) is 10.8. The third-order valence-corrected chi connectivity index (χ3v) is 5.24. The van der Waals surface area contributed by atoms with Crippen molar-refractivity contribution in [1.82, 2.24) is 10.6 Å². The highest BCUT2D eigenvalue weighted by atomic mass is 127. The number of benzene rings is 1. The normalized spacial score (nSPS) is 16.5. The molecule has 1 aromatic rings. The van der Waals surface area contributed by atoms with E-state index in [0.29, 0.717) is 6.54 Å². The molecule has 1 aromatic carbocycles. The first-order chi connectivity index (χ1) is 13.7. The zero-order chi connectivity index (χ0) is 19.6. The lowest BCUT2D eigenvalue weighted by Gasteiger charge is -2.24. The second-order valence-corrected chi connectivity index (χ2v) is 7.81. The minimum Gasteiger partial charge on any atom is -0.381 e. The molecule has 0 atom stereocenters. The van der Waals surface area contributed by atoms with Crippen LogP contribution in [0.3, 0.4) is 0 Å². The second-order valence-electron chi connectivity index (χ2n) is 7.81. The molecule has 2 saturated carbocycles. The summed E-state index contributed by atoms with van der Waals surface area (Å²) in [6.45, 7) is 6.01. The van der Waals surface area contributed by atoms with Gasteiger partial charge in [0.2, 0.25) is 5.91 Å². The molecule has 0 spiro atoms. The van der Waals surface area contributed by atoms with Crippen molar-refractivity contribution in [2.24, 2.45) is 16.8 Å². The van der Waals surface area contributed by atoms with Crippen molar-refractivity contribution in [2.45, 2.75) is 52.0 Å². The number of anilines is 1. The number of carbonyl (C=O) groups excluding carboxylic acids is 1. The molecule has 0 heterocycles. The van der Waals surface area contributed by atoms with Crippen LogP contribution in [0.5, 0.6) is 0 Å². The molecule has 2 aliphatic rings. The Labute approximate surface area is 191 Å². The summed E-state index contributed by atoms with van der Waals surface area (Å²) in [4.78, 5) is 16.8. The van der Waals surface area contributed by atoms with Gasteiger partial charge in [-0.2, -0.15) is 0 Å². The van der Waals surface area contributed by atoms with Crippen molar-refractivity contribution < 1.29 is 9.53 Å². The average Bonchev–Trinajstić information content (AvgIpc) is 3.45. The van der Waals surface area contributed by atoms with Crippen LogP contribution in [0.25, 0.3) is 0 Å². The van der Waals surface area contributed by atoms with E-state index in [2.05, 4.69) is 27.9 Å². The van der Waals surface area contributed by atoms with Gasteiger partial charge < -0.3 is 20.7 Å². The lowest BCUT2D eigenvalue weighted by atomic mass is 9.85. The molecule has 1 amide bonds. The third kappa shape index (κ3) is 8.90. The molecule has 2 fully saturated rings. The van der Waals surface area contributed by atoms with Crippen LogP contribution in [0, 0.1) is 11.8 Å². The van der Waals surface area contributed by atoms with E-state index in [1.54, 1.807) is 0 Å². The number of halogens is 1. The molecule has 0 saturated heterocycles. The number of aliphatic imine (C=N–C) groups is 1. The van der Waals surface area contributed by atoms with Gasteiger partial charge in [-0.15, -0.1) is 24.0 Å². The monoisotopic (exact) mass is 514 g/mol. The largest absolute Gasteiger partial charge is 0.381 e. The van der Waals surface area contributed by atoms with E-state index in [1.807, 2.05) is 24.3 Å². The van der Waals surface area contributed by atoms with Gasteiger partial charge in [-0.25, -0.2) is 4.99 Å². The van der Waals surface area contributed by atoms with E-state index in [9.17, 15) is 4.79 Å². The maximum Gasteiger partial charge on any atom is 0.227 e. The van der Waals surface area contributed by atoms with Crippen molar-refractivity contribution in [3.8, 4) is 0 Å². The Morgan fingerprint density at radius 3 is 2.72 bits per heavy atom. The van der Waals surface area contributed by atoms with Crippen molar-refractivity contribution in [3.05, 3.63) is 29.8 Å². The van der Waals surface area contributed by atoms with Gasteiger partial charge in [0.05, 0.1) is 6.54 Å². The SMILES string of the molecule is CCNC(=NCc1cccc(NC(=O)C2CCC2)c1)NCCCOCC1CC1.I. The van der Waals surface area contributed by atoms with Crippen LogP contribution >= 0.6 is 24.0 Å². The van der Waals surface area contributed by atoms with E-state index >= 15 is 0 Å². The van der Waals surface area contributed by atoms with E-state index in [1.165, 1.54) is 19.3 Å². The molecule has 29 heavy (non-hydrogen) atoms. The first-order valence-corrected chi connectivity index (χ1v) is 10.7. The predicted octanol–water partition coefficient (Wildman–Crippen LogP) is 3.92. The number of guanidine groups is 1. The molecule has 0 bridgehead atoms. The molecular weight excluding hydrogens is 479 g/mol. The highest BCUT2D eigenvalue weighted by Gasteiger charge is 2.25. The molecule has 0 unspecified atom stereocenters. The van der Waals surface area contributed by atoms with Gasteiger partial charge in [0.25, 0.3) is 0 Å². The summed E-state index contributed by atoms with van der Waals surface area (Å²) in [5.41, 5.74) is 1.94. The number of rotatable bonds is 11. The van der Waals surface area contributed by atoms with Crippen LogP contribution < -0.4 is 16.0 Å². The Balaban J connectivity index is 0.00000300. The number of nitrogens with zero attached hydrogens (tertiary/aromatic N) is 1. The molecule has 0 aliphatic heterocycles. The lowest BCUT2D eigenvalue weighted by Crippen LogP contribution is -2.38. The Morgan fingerprint density at radius 2 is 2.03 bits per heavy atom. The Hall–Kier alpha value is -1.35. The summed E-state index contributed by atoms with van der Waals surface area (Å²) in [6, 6.07) is 7.96. The van der Waals surface area contributed by atoms with Gasteiger partial charge in [0, 0.05) is 37.9 Å². The third-order valence-electron chi connectivity index (χ3n) is 5.24. The first kappa shape index (κ1) is 23.9. The minimum absolute atomic E-state index is 0. The summed E-state index contributed by atoms with van der Waals surface area (Å²) >= 11 is 0. The van der Waals surface area contributed by atoms with Gasteiger partial charge in [0.15, 0.2) is 5.96 Å². The van der Waals surface area contributed by atoms with Crippen molar-refractivity contribution in [3.63, 3.8) is 0 Å². The zero-order valence-corrected chi connectivity index (χ0v) is 19.7. The highest BCUT2D eigenvalue weighted by Crippen LogP contribution is 2.29. The first-order valence-electron chi connectivity index (χ1n) is 10.7. The van der Waals surface area contributed by atoms with Crippen LogP contribution in [-0.4, -0.2) is 38.2 Å². The van der Waals surface area contributed by atoms with Gasteiger partial charge in [0.1, 0.15) is 0 Å². The topological polar surface area (TPSA) is 74.8 Å². The smallest absolute Gasteiger partial charge is 0.227 e. The van der Waals surface area contributed by atoms with Gasteiger partial charge >= 0.3 is 0 Å². The summed E-state index contributed by atoms with van der Waals surface area (Å²) in [5.74, 6) is 1.97. The number of carbonyl (C=O) groups is 1. The fourth-order valence-electron chi connectivity index (χ4n) is 3.09. The van der Waals surface area contributed by atoms with E-state index in [-0.39, 0.29) is 35.8 Å². The number of hydrogen-bond donors (Lipinski definition) is 3. The Morgan fingerprint density at radius 1 is 1.21 bits per heavy atom. The van der Waals surface area contributed by atoms with E-state index in [0.717, 1.165) is 68.7 Å². The number of hydrogen-bond acceptors (Lipinski definition) is 3. The van der Waals surface area contributed by atoms with Crippen LogP contribution in [0.15, 0.2) is 29.3 Å². The summed E-state index contributed by atoms with van der Waals surface area (Å²) < 4.78 is 5.67. The van der Waals surface area contributed by atoms with E-state index < -0.39 is 0 Å². The molecule has 3 N–H and O–H groups in total. The van der Waals surface area contributed by atoms with Crippen LogP contribution in [0.2, 0.25) is 0 Å².